The molecule has 0 aromatic heterocycles. The lowest BCUT2D eigenvalue weighted by Crippen LogP contribution is -2.33. The minimum absolute atomic E-state index is 0.185. The standard InChI is InChI=1S/C23H26N2O4/c1-15-11-12-17(13-16(15)2)23(28)29-14-21(26)25-20-10-6-5-9-19(20)22(27)24-18-7-3-4-8-18/h5-6,9-13,18H,3-4,7-8,14H2,1-2H3,(H,24,27)(H,25,26). The van der Waals surface area contributed by atoms with Crippen LogP contribution in [-0.2, 0) is 9.53 Å². The van der Waals surface area contributed by atoms with E-state index in [0.29, 0.717) is 16.8 Å². The van der Waals surface area contributed by atoms with Crippen LogP contribution in [0.1, 0.15) is 57.5 Å². The highest BCUT2D eigenvalue weighted by Crippen LogP contribution is 2.20. The van der Waals surface area contributed by atoms with Gasteiger partial charge in [0.15, 0.2) is 6.61 Å². The molecule has 2 aromatic carbocycles. The second-order valence-corrected chi connectivity index (χ2v) is 7.42. The van der Waals surface area contributed by atoms with Crippen LogP contribution in [0, 0.1) is 13.8 Å². The first kappa shape index (κ1) is 20.6. The summed E-state index contributed by atoms with van der Waals surface area (Å²) >= 11 is 0. The van der Waals surface area contributed by atoms with Crippen LogP contribution in [0.5, 0.6) is 0 Å². The van der Waals surface area contributed by atoms with Gasteiger partial charge in [0.1, 0.15) is 0 Å². The third-order valence-electron chi connectivity index (χ3n) is 5.21. The quantitative estimate of drug-likeness (QED) is 0.731. The van der Waals surface area contributed by atoms with Crippen molar-refractivity contribution in [1.82, 2.24) is 5.32 Å². The number of aryl methyl sites for hydroxylation is 2. The van der Waals surface area contributed by atoms with Crippen molar-refractivity contribution in [2.45, 2.75) is 45.6 Å². The molecule has 0 atom stereocenters. The molecule has 6 heteroatoms. The Hall–Kier alpha value is -3.15. The van der Waals surface area contributed by atoms with Gasteiger partial charge in [-0.15, -0.1) is 0 Å². The summed E-state index contributed by atoms with van der Waals surface area (Å²) in [5, 5.41) is 5.68. The molecule has 29 heavy (non-hydrogen) atoms. The Morgan fingerprint density at radius 3 is 2.45 bits per heavy atom. The Labute approximate surface area is 170 Å². The average Bonchev–Trinajstić information content (AvgIpc) is 3.21. The van der Waals surface area contributed by atoms with Gasteiger partial charge in [-0.25, -0.2) is 4.79 Å². The first-order valence-electron chi connectivity index (χ1n) is 9.88. The lowest BCUT2D eigenvalue weighted by Gasteiger charge is -2.15. The van der Waals surface area contributed by atoms with Gasteiger partial charge in [-0.3, -0.25) is 9.59 Å². The zero-order chi connectivity index (χ0) is 20.8. The molecule has 2 amide bonds. The van der Waals surface area contributed by atoms with Crippen molar-refractivity contribution in [3.05, 3.63) is 64.7 Å². The van der Waals surface area contributed by atoms with Crippen molar-refractivity contribution in [1.29, 1.82) is 0 Å². The molecular formula is C23H26N2O4. The zero-order valence-electron chi connectivity index (χ0n) is 16.8. The molecular weight excluding hydrogens is 368 g/mol. The van der Waals surface area contributed by atoms with E-state index in [4.69, 9.17) is 4.74 Å². The van der Waals surface area contributed by atoms with Crippen molar-refractivity contribution in [3.63, 3.8) is 0 Å². The van der Waals surface area contributed by atoms with E-state index < -0.39 is 18.5 Å². The number of amides is 2. The molecule has 0 aliphatic heterocycles. The molecule has 1 saturated carbocycles. The molecule has 1 aliphatic rings. The van der Waals surface area contributed by atoms with Crippen molar-refractivity contribution in [3.8, 4) is 0 Å². The summed E-state index contributed by atoms with van der Waals surface area (Å²) in [6, 6.07) is 12.2. The van der Waals surface area contributed by atoms with Crippen molar-refractivity contribution < 1.29 is 19.1 Å². The molecule has 0 unspecified atom stereocenters. The number of hydrogen-bond acceptors (Lipinski definition) is 4. The lowest BCUT2D eigenvalue weighted by atomic mass is 10.1. The zero-order valence-corrected chi connectivity index (χ0v) is 16.8. The number of hydrogen-bond donors (Lipinski definition) is 2. The monoisotopic (exact) mass is 394 g/mol. The minimum Gasteiger partial charge on any atom is -0.452 e. The fraction of sp³-hybridized carbons (Fsp3) is 0.348. The number of ether oxygens (including phenoxy) is 1. The maximum atomic E-state index is 12.6. The number of anilines is 1. The van der Waals surface area contributed by atoms with E-state index in [2.05, 4.69) is 10.6 Å². The van der Waals surface area contributed by atoms with Gasteiger partial charge in [0.05, 0.1) is 16.8 Å². The summed E-state index contributed by atoms with van der Waals surface area (Å²) in [6.07, 6.45) is 4.20. The van der Waals surface area contributed by atoms with Gasteiger partial charge in [-0.05, 0) is 62.1 Å². The van der Waals surface area contributed by atoms with Crippen LogP contribution in [0.15, 0.2) is 42.5 Å². The van der Waals surface area contributed by atoms with Gasteiger partial charge in [0.25, 0.3) is 11.8 Å². The van der Waals surface area contributed by atoms with E-state index in [1.807, 2.05) is 19.9 Å². The molecule has 2 aromatic rings. The second kappa shape index (κ2) is 9.37. The summed E-state index contributed by atoms with van der Waals surface area (Å²) in [4.78, 5) is 37.0. The highest BCUT2D eigenvalue weighted by Gasteiger charge is 2.20. The number of carbonyl (C=O) groups excluding carboxylic acids is 3. The molecule has 0 spiro atoms. The molecule has 0 radical (unpaired) electrons. The van der Waals surface area contributed by atoms with Crippen LogP contribution in [0.3, 0.4) is 0 Å². The highest BCUT2D eigenvalue weighted by atomic mass is 16.5. The van der Waals surface area contributed by atoms with Gasteiger partial charge in [0.2, 0.25) is 0 Å². The predicted molar refractivity (Wildman–Crippen MR) is 111 cm³/mol. The number of para-hydroxylation sites is 1. The molecule has 0 saturated heterocycles. The van der Waals surface area contributed by atoms with E-state index in [1.54, 1.807) is 36.4 Å². The van der Waals surface area contributed by atoms with Crippen molar-refractivity contribution in [2.75, 3.05) is 11.9 Å². The van der Waals surface area contributed by atoms with E-state index in [1.165, 1.54) is 0 Å². The third-order valence-corrected chi connectivity index (χ3v) is 5.21. The summed E-state index contributed by atoms with van der Waals surface area (Å²) in [5.74, 6) is -1.27. The van der Waals surface area contributed by atoms with E-state index in [9.17, 15) is 14.4 Å². The normalized spacial score (nSPS) is 13.7. The van der Waals surface area contributed by atoms with Crippen LogP contribution in [0.2, 0.25) is 0 Å². The fourth-order valence-electron chi connectivity index (χ4n) is 3.39. The Kier molecular flexibility index (Phi) is 6.65. The van der Waals surface area contributed by atoms with Gasteiger partial charge >= 0.3 is 5.97 Å². The molecule has 0 bridgehead atoms. The highest BCUT2D eigenvalue weighted by molar-refractivity contribution is 6.04. The van der Waals surface area contributed by atoms with Gasteiger partial charge in [0, 0.05) is 6.04 Å². The summed E-state index contributed by atoms with van der Waals surface area (Å²) in [6.45, 7) is 3.44. The van der Waals surface area contributed by atoms with Crippen LogP contribution >= 0.6 is 0 Å². The largest absolute Gasteiger partial charge is 0.452 e. The van der Waals surface area contributed by atoms with E-state index >= 15 is 0 Å². The SMILES string of the molecule is Cc1ccc(C(=O)OCC(=O)Nc2ccccc2C(=O)NC2CCCC2)cc1C. The summed E-state index contributed by atoms with van der Waals surface area (Å²) in [5.41, 5.74) is 3.25. The van der Waals surface area contributed by atoms with E-state index in [0.717, 1.165) is 36.8 Å². The minimum atomic E-state index is -0.560. The number of carbonyl (C=O) groups is 3. The molecule has 0 heterocycles. The van der Waals surface area contributed by atoms with E-state index in [-0.39, 0.29) is 11.9 Å². The van der Waals surface area contributed by atoms with Crippen LogP contribution in [0.4, 0.5) is 5.69 Å². The van der Waals surface area contributed by atoms with Crippen molar-refractivity contribution >= 4 is 23.5 Å². The van der Waals surface area contributed by atoms with Crippen LogP contribution in [-0.4, -0.2) is 30.4 Å². The molecule has 2 N–H and O–H groups in total. The molecule has 1 fully saturated rings. The Bertz CT molecular complexity index is 917. The third kappa shape index (κ3) is 5.44. The van der Waals surface area contributed by atoms with Crippen LogP contribution < -0.4 is 10.6 Å². The number of rotatable bonds is 6. The molecule has 6 nitrogen and oxygen atoms in total. The Balaban J connectivity index is 1.58. The average molecular weight is 394 g/mol. The van der Waals surface area contributed by atoms with Gasteiger partial charge in [-0.1, -0.05) is 31.0 Å². The number of benzene rings is 2. The second-order valence-electron chi connectivity index (χ2n) is 7.42. The smallest absolute Gasteiger partial charge is 0.338 e. The maximum absolute atomic E-state index is 12.6. The van der Waals surface area contributed by atoms with Gasteiger partial charge in [-0.2, -0.15) is 0 Å². The van der Waals surface area contributed by atoms with Crippen LogP contribution in [0.25, 0.3) is 0 Å². The number of nitrogens with one attached hydrogen (secondary N) is 2. The fourth-order valence-corrected chi connectivity index (χ4v) is 3.39. The Morgan fingerprint density at radius 1 is 1.00 bits per heavy atom. The first-order chi connectivity index (χ1) is 13.9. The maximum Gasteiger partial charge on any atom is 0.338 e. The first-order valence-corrected chi connectivity index (χ1v) is 9.88. The lowest BCUT2D eigenvalue weighted by molar-refractivity contribution is -0.119. The molecule has 152 valence electrons. The Morgan fingerprint density at radius 2 is 1.72 bits per heavy atom. The predicted octanol–water partition coefficient (Wildman–Crippen LogP) is 3.77. The van der Waals surface area contributed by atoms with Crippen molar-refractivity contribution in [2.24, 2.45) is 0 Å². The molecule has 3 rings (SSSR count). The topological polar surface area (TPSA) is 84.5 Å². The van der Waals surface area contributed by atoms with Gasteiger partial charge < -0.3 is 15.4 Å². The summed E-state index contributed by atoms with van der Waals surface area (Å²) in [7, 11) is 0. The summed E-state index contributed by atoms with van der Waals surface area (Å²) < 4.78 is 5.11. The number of esters is 1. The molecule has 1 aliphatic carbocycles.